The van der Waals surface area contributed by atoms with Crippen LogP contribution in [0.1, 0.15) is 116 Å². The van der Waals surface area contributed by atoms with Crippen molar-refractivity contribution in [2.75, 3.05) is 0 Å². The van der Waals surface area contributed by atoms with Crippen LogP contribution in [0.4, 0.5) is 0 Å². The number of rotatable bonds is 3. The van der Waals surface area contributed by atoms with Gasteiger partial charge in [-0.2, -0.15) is 0 Å². The third-order valence-corrected chi connectivity index (χ3v) is 9.33. The second-order valence-corrected chi connectivity index (χ2v) is 10.6. The lowest BCUT2D eigenvalue weighted by atomic mass is 9.55. The molecule has 0 heterocycles. The Morgan fingerprint density at radius 2 is 0.760 bits per heavy atom. The first kappa shape index (κ1) is 18.4. The van der Waals surface area contributed by atoms with Gasteiger partial charge in [-0.15, -0.1) is 0 Å². The molecular weight excluding hydrogens is 300 g/mol. The molecule has 2 unspecified atom stereocenters. The minimum Gasteiger partial charge on any atom is -0.0620 e. The summed E-state index contributed by atoms with van der Waals surface area (Å²) < 4.78 is 0. The highest BCUT2D eigenvalue weighted by Gasteiger charge is 2.43. The van der Waals surface area contributed by atoms with Crippen molar-refractivity contribution in [3.8, 4) is 0 Å². The molecule has 0 aromatic rings. The normalized spacial score (nSPS) is 40.2. The van der Waals surface area contributed by atoms with Crippen molar-refractivity contribution in [1.82, 2.24) is 0 Å². The first-order chi connectivity index (χ1) is 12.3. The van der Waals surface area contributed by atoms with Gasteiger partial charge in [-0.1, -0.05) is 103 Å². The van der Waals surface area contributed by atoms with E-state index in [0.29, 0.717) is 0 Å². The molecule has 144 valence electrons. The largest absolute Gasteiger partial charge is 0.0620 e. The van der Waals surface area contributed by atoms with E-state index in [9.17, 15) is 0 Å². The summed E-state index contributed by atoms with van der Waals surface area (Å²) in [6.07, 6.45) is 26.5. The quantitative estimate of drug-likeness (QED) is 0.486. The summed E-state index contributed by atoms with van der Waals surface area (Å²) in [6, 6.07) is 0. The topological polar surface area (TPSA) is 0 Å². The fraction of sp³-hybridized carbons (Fsp3) is 1.00. The van der Waals surface area contributed by atoms with Crippen LogP contribution < -0.4 is 0 Å². The Kier molecular flexibility index (Phi) is 6.46. The van der Waals surface area contributed by atoms with E-state index in [1.807, 2.05) is 0 Å². The molecule has 0 nitrogen and oxygen atoms in total. The predicted molar refractivity (Wildman–Crippen MR) is 109 cm³/mol. The van der Waals surface area contributed by atoms with Crippen LogP contribution in [0.15, 0.2) is 0 Å². The van der Waals surface area contributed by atoms with Gasteiger partial charge in [-0.25, -0.2) is 0 Å². The lowest BCUT2D eigenvalue weighted by molar-refractivity contribution is -0.00362. The summed E-state index contributed by atoms with van der Waals surface area (Å²) in [5.41, 5.74) is 0. The van der Waals surface area contributed by atoms with Crippen molar-refractivity contribution in [3.05, 3.63) is 0 Å². The maximum Gasteiger partial charge on any atom is -0.0355 e. The Hall–Kier alpha value is 0. The zero-order valence-corrected chi connectivity index (χ0v) is 17.1. The van der Waals surface area contributed by atoms with Gasteiger partial charge in [0.05, 0.1) is 0 Å². The van der Waals surface area contributed by atoms with Crippen molar-refractivity contribution >= 4 is 0 Å². The molecule has 4 aliphatic carbocycles. The highest BCUT2D eigenvalue weighted by Crippen LogP contribution is 2.53. The van der Waals surface area contributed by atoms with Crippen LogP contribution in [0.3, 0.4) is 0 Å². The van der Waals surface area contributed by atoms with Crippen molar-refractivity contribution in [1.29, 1.82) is 0 Å². The lowest BCUT2D eigenvalue weighted by Crippen LogP contribution is -2.41. The maximum absolute atomic E-state index is 2.70. The molecule has 0 spiro atoms. The first-order valence-electron chi connectivity index (χ1n) is 12.3. The second kappa shape index (κ2) is 8.79. The van der Waals surface area contributed by atoms with E-state index in [0.717, 1.165) is 41.4 Å². The fourth-order valence-electron chi connectivity index (χ4n) is 7.90. The third-order valence-electron chi connectivity index (χ3n) is 9.33. The molecule has 0 aromatic carbocycles. The summed E-state index contributed by atoms with van der Waals surface area (Å²) in [5, 5.41) is 0. The van der Waals surface area contributed by atoms with Crippen molar-refractivity contribution < 1.29 is 0 Å². The standard InChI is InChI=1S/C25H44/c1-19-24(21-13-7-3-8-14-21)17-23(20-11-5-2-6-12-20)18-25(19)22-15-9-4-10-16-22/h19-25H,2-18H2,1H3. The highest BCUT2D eigenvalue weighted by molar-refractivity contribution is 4.93. The van der Waals surface area contributed by atoms with Gasteiger partial charge < -0.3 is 0 Å². The van der Waals surface area contributed by atoms with Crippen LogP contribution in [0.5, 0.6) is 0 Å². The molecule has 0 heteroatoms. The zero-order valence-electron chi connectivity index (χ0n) is 17.1. The fourth-order valence-corrected chi connectivity index (χ4v) is 7.90. The Morgan fingerprint density at radius 1 is 0.400 bits per heavy atom. The molecule has 4 saturated carbocycles. The highest BCUT2D eigenvalue weighted by atomic mass is 14.5. The van der Waals surface area contributed by atoms with Gasteiger partial charge in [-0.05, 0) is 54.3 Å². The summed E-state index contributed by atoms with van der Waals surface area (Å²) in [6.45, 7) is 2.70. The van der Waals surface area contributed by atoms with Crippen molar-refractivity contribution in [2.24, 2.45) is 41.4 Å². The van der Waals surface area contributed by atoms with Gasteiger partial charge in [0.2, 0.25) is 0 Å². The van der Waals surface area contributed by atoms with Gasteiger partial charge >= 0.3 is 0 Å². The van der Waals surface area contributed by atoms with Crippen LogP contribution in [0.2, 0.25) is 0 Å². The van der Waals surface area contributed by atoms with Crippen LogP contribution >= 0.6 is 0 Å². The molecule has 0 amide bonds. The van der Waals surface area contributed by atoms with Crippen molar-refractivity contribution in [2.45, 2.75) is 116 Å². The SMILES string of the molecule is CC1C(C2CCCCC2)CC(C2CCCCC2)CC1C1CCCCC1. The Morgan fingerprint density at radius 3 is 1.16 bits per heavy atom. The lowest BCUT2D eigenvalue weighted by Gasteiger charge is -2.50. The first-order valence-corrected chi connectivity index (χ1v) is 12.3. The minimum absolute atomic E-state index is 1.03. The van der Waals surface area contributed by atoms with Crippen LogP contribution in [-0.4, -0.2) is 0 Å². The van der Waals surface area contributed by atoms with Gasteiger partial charge in [0.25, 0.3) is 0 Å². The molecule has 2 atom stereocenters. The summed E-state index contributed by atoms with van der Waals surface area (Å²) in [7, 11) is 0. The van der Waals surface area contributed by atoms with E-state index in [2.05, 4.69) is 6.92 Å². The van der Waals surface area contributed by atoms with Gasteiger partial charge in [0.15, 0.2) is 0 Å². The molecule has 0 radical (unpaired) electrons. The molecule has 0 aromatic heterocycles. The van der Waals surface area contributed by atoms with Gasteiger partial charge in [0, 0.05) is 0 Å². The molecule has 0 saturated heterocycles. The predicted octanol–water partition coefficient (Wildman–Crippen LogP) is 8.01. The van der Waals surface area contributed by atoms with E-state index in [4.69, 9.17) is 0 Å². The summed E-state index contributed by atoms with van der Waals surface area (Å²) in [5.74, 6) is 7.63. The maximum atomic E-state index is 2.70. The average molecular weight is 345 g/mol. The van der Waals surface area contributed by atoms with E-state index >= 15 is 0 Å². The van der Waals surface area contributed by atoms with Crippen LogP contribution in [0.25, 0.3) is 0 Å². The van der Waals surface area contributed by atoms with E-state index in [-0.39, 0.29) is 0 Å². The van der Waals surface area contributed by atoms with Crippen molar-refractivity contribution in [3.63, 3.8) is 0 Å². The Bertz CT molecular complexity index is 353. The smallest absolute Gasteiger partial charge is 0.0355 e. The molecule has 25 heavy (non-hydrogen) atoms. The molecule has 4 aliphatic rings. The molecular formula is C25H44. The van der Waals surface area contributed by atoms with Crippen LogP contribution in [0, 0.1) is 41.4 Å². The average Bonchev–Trinajstić information content (AvgIpc) is 2.70. The second-order valence-electron chi connectivity index (χ2n) is 10.6. The number of hydrogen-bond acceptors (Lipinski definition) is 0. The van der Waals surface area contributed by atoms with Crippen LogP contribution in [-0.2, 0) is 0 Å². The zero-order chi connectivity index (χ0) is 17.1. The monoisotopic (exact) mass is 344 g/mol. The molecule has 0 bridgehead atoms. The molecule has 0 aliphatic heterocycles. The van der Waals surface area contributed by atoms with E-state index in [1.54, 1.807) is 64.2 Å². The molecule has 0 N–H and O–H groups in total. The minimum atomic E-state index is 1.03. The van der Waals surface area contributed by atoms with E-state index in [1.165, 1.54) is 44.9 Å². The molecule has 4 fully saturated rings. The van der Waals surface area contributed by atoms with Gasteiger partial charge in [0.1, 0.15) is 0 Å². The Labute approximate surface area is 157 Å². The summed E-state index contributed by atoms with van der Waals surface area (Å²) >= 11 is 0. The number of hydrogen-bond donors (Lipinski definition) is 0. The van der Waals surface area contributed by atoms with Gasteiger partial charge in [-0.3, -0.25) is 0 Å². The third kappa shape index (κ3) is 4.30. The summed E-state index contributed by atoms with van der Waals surface area (Å²) in [4.78, 5) is 0. The molecule has 4 rings (SSSR count). The van der Waals surface area contributed by atoms with E-state index < -0.39 is 0 Å². The Balaban J connectivity index is 1.50.